The fraction of sp³-hybridized carbons (Fsp3) is 0.600. The summed E-state index contributed by atoms with van der Waals surface area (Å²) in [6.07, 6.45) is -4.55. The molecule has 0 radical (unpaired) electrons. The number of halogens is 5. The Hall–Kier alpha value is -0.610. The van der Waals surface area contributed by atoms with E-state index < -0.39 is 25.1 Å². The molecule has 0 aliphatic carbocycles. The molecule has 0 saturated heterocycles. The second-order valence-electron chi connectivity index (χ2n) is 1.52. The molecule has 60 valence electrons. The number of hydrogen-bond acceptors (Lipinski definition) is 0. The Morgan fingerprint density at radius 2 is 1.70 bits per heavy atom. The Balaban J connectivity index is 4.21. The van der Waals surface area contributed by atoms with Crippen molar-refractivity contribution >= 4 is 0 Å². The maximum atomic E-state index is 11.4. The van der Waals surface area contributed by atoms with Crippen molar-refractivity contribution in [2.75, 3.05) is 13.3 Å². The van der Waals surface area contributed by atoms with Gasteiger partial charge in [-0.3, -0.25) is 0 Å². The molecule has 0 aromatic heterocycles. The summed E-state index contributed by atoms with van der Waals surface area (Å²) < 4.78 is 56.9. The van der Waals surface area contributed by atoms with Crippen molar-refractivity contribution in [2.24, 2.45) is 0 Å². The van der Waals surface area contributed by atoms with E-state index in [0.29, 0.717) is 0 Å². The minimum absolute atomic E-state index is 0.181. The standard InChI is InChI=1S/C5H5F5/c6-2-1-4(3-7)5(8,9)10/h1H,2-3H2/b4-1-. The van der Waals surface area contributed by atoms with E-state index in [9.17, 15) is 22.0 Å². The minimum atomic E-state index is -4.74. The zero-order valence-corrected chi connectivity index (χ0v) is 4.88. The summed E-state index contributed by atoms with van der Waals surface area (Å²) in [6, 6.07) is 0. The maximum Gasteiger partial charge on any atom is 0.414 e. The molecule has 0 bridgehead atoms. The summed E-state index contributed by atoms with van der Waals surface area (Å²) in [5.41, 5.74) is -1.46. The van der Waals surface area contributed by atoms with Gasteiger partial charge in [0, 0.05) is 0 Å². The van der Waals surface area contributed by atoms with Crippen molar-refractivity contribution < 1.29 is 22.0 Å². The SMILES string of the molecule is FC/C=C(/CF)C(F)(F)F. The number of hydrogen-bond donors (Lipinski definition) is 0. The molecule has 0 fully saturated rings. The molecule has 0 saturated carbocycles. The smallest absolute Gasteiger partial charge is 0.247 e. The summed E-state index contributed by atoms with van der Waals surface area (Å²) in [6.45, 7) is -2.97. The van der Waals surface area contributed by atoms with E-state index in [1.807, 2.05) is 0 Å². The Kier molecular flexibility index (Phi) is 3.32. The molecular formula is C5H5F5. The van der Waals surface area contributed by atoms with Crippen LogP contribution in [-0.2, 0) is 0 Å². The number of allylic oxidation sites excluding steroid dienone is 2. The van der Waals surface area contributed by atoms with Gasteiger partial charge in [-0.05, 0) is 6.08 Å². The summed E-state index contributed by atoms with van der Waals surface area (Å²) in [5, 5.41) is 0. The molecule has 0 rings (SSSR count). The molecule has 0 aliphatic rings. The van der Waals surface area contributed by atoms with Crippen LogP contribution in [0.1, 0.15) is 0 Å². The van der Waals surface area contributed by atoms with Crippen LogP contribution in [0.25, 0.3) is 0 Å². The van der Waals surface area contributed by atoms with Gasteiger partial charge in [0.25, 0.3) is 0 Å². The first kappa shape index (κ1) is 9.39. The van der Waals surface area contributed by atoms with Gasteiger partial charge in [-0.25, -0.2) is 8.78 Å². The van der Waals surface area contributed by atoms with Crippen LogP contribution in [-0.4, -0.2) is 19.5 Å². The Morgan fingerprint density at radius 1 is 1.20 bits per heavy atom. The lowest BCUT2D eigenvalue weighted by molar-refractivity contribution is -0.0953. The molecule has 0 aromatic rings. The summed E-state index contributed by atoms with van der Waals surface area (Å²) >= 11 is 0. The number of rotatable bonds is 2. The molecule has 0 unspecified atom stereocenters. The normalized spacial score (nSPS) is 13.9. The predicted octanol–water partition coefficient (Wildman–Crippen LogP) is 2.41. The van der Waals surface area contributed by atoms with Crippen LogP contribution in [0, 0.1) is 0 Å². The van der Waals surface area contributed by atoms with Crippen LogP contribution in [0.5, 0.6) is 0 Å². The first-order valence-corrected chi connectivity index (χ1v) is 2.40. The third kappa shape index (κ3) is 2.80. The van der Waals surface area contributed by atoms with Gasteiger partial charge in [-0.1, -0.05) is 0 Å². The van der Waals surface area contributed by atoms with Crippen LogP contribution in [0.2, 0.25) is 0 Å². The van der Waals surface area contributed by atoms with E-state index in [4.69, 9.17) is 0 Å². The van der Waals surface area contributed by atoms with Crippen molar-refractivity contribution in [3.8, 4) is 0 Å². The molecule has 10 heavy (non-hydrogen) atoms. The van der Waals surface area contributed by atoms with Gasteiger partial charge < -0.3 is 0 Å². The third-order valence-electron chi connectivity index (χ3n) is 0.832. The first-order chi connectivity index (χ1) is 4.52. The van der Waals surface area contributed by atoms with Crippen LogP contribution < -0.4 is 0 Å². The summed E-state index contributed by atoms with van der Waals surface area (Å²) in [5.74, 6) is 0. The van der Waals surface area contributed by atoms with E-state index in [0.717, 1.165) is 0 Å². The monoisotopic (exact) mass is 160 g/mol. The van der Waals surface area contributed by atoms with Gasteiger partial charge >= 0.3 is 6.18 Å². The zero-order valence-electron chi connectivity index (χ0n) is 4.88. The van der Waals surface area contributed by atoms with E-state index in [1.54, 1.807) is 0 Å². The molecular weight excluding hydrogens is 155 g/mol. The van der Waals surface area contributed by atoms with E-state index in [1.165, 1.54) is 0 Å². The molecule has 0 amide bonds. The maximum absolute atomic E-state index is 11.4. The van der Waals surface area contributed by atoms with E-state index in [2.05, 4.69) is 0 Å². The van der Waals surface area contributed by atoms with Gasteiger partial charge in [-0.2, -0.15) is 13.2 Å². The van der Waals surface area contributed by atoms with Crippen LogP contribution in [0.4, 0.5) is 22.0 Å². The lowest BCUT2D eigenvalue weighted by atomic mass is 10.3. The average Bonchev–Trinajstić information content (AvgIpc) is 1.80. The van der Waals surface area contributed by atoms with Crippen LogP contribution >= 0.6 is 0 Å². The van der Waals surface area contributed by atoms with Crippen molar-refractivity contribution in [3.05, 3.63) is 11.6 Å². The van der Waals surface area contributed by atoms with Gasteiger partial charge in [0.15, 0.2) is 0 Å². The van der Waals surface area contributed by atoms with Gasteiger partial charge in [-0.15, -0.1) is 0 Å². The second-order valence-corrected chi connectivity index (χ2v) is 1.52. The lowest BCUT2D eigenvalue weighted by Gasteiger charge is -2.05. The second kappa shape index (κ2) is 3.53. The highest BCUT2D eigenvalue weighted by Gasteiger charge is 2.32. The molecule has 0 N–H and O–H groups in total. The molecule has 0 atom stereocenters. The summed E-state index contributed by atoms with van der Waals surface area (Å²) in [7, 11) is 0. The Bertz CT molecular complexity index is 122. The average molecular weight is 160 g/mol. The van der Waals surface area contributed by atoms with Crippen molar-refractivity contribution in [1.82, 2.24) is 0 Å². The van der Waals surface area contributed by atoms with Crippen LogP contribution in [0.15, 0.2) is 11.6 Å². The quantitative estimate of drug-likeness (QED) is 0.429. The van der Waals surface area contributed by atoms with E-state index in [-0.39, 0.29) is 6.08 Å². The number of alkyl halides is 5. The Labute approximate surface area is 54.3 Å². The van der Waals surface area contributed by atoms with Crippen molar-refractivity contribution in [3.63, 3.8) is 0 Å². The molecule has 0 aromatic carbocycles. The largest absolute Gasteiger partial charge is 0.414 e. The summed E-state index contributed by atoms with van der Waals surface area (Å²) in [4.78, 5) is 0. The van der Waals surface area contributed by atoms with Crippen molar-refractivity contribution in [1.29, 1.82) is 0 Å². The molecule has 0 spiro atoms. The molecule has 0 aliphatic heterocycles. The van der Waals surface area contributed by atoms with Gasteiger partial charge in [0.1, 0.15) is 13.3 Å². The highest BCUT2D eigenvalue weighted by Crippen LogP contribution is 2.25. The predicted molar refractivity (Wildman–Crippen MR) is 26.1 cm³/mol. The van der Waals surface area contributed by atoms with Gasteiger partial charge in [0.2, 0.25) is 0 Å². The van der Waals surface area contributed by atoms with Crippen molar-refractivity contribution in [2.45, 2.75) is 6.18 Å². The molecule has 5 heteroatoms. The highest BCUT2D eigenvalue weighted by atomic mass is 19.4. The fourth-order valence-electron chi connectivity index (χ4n) is 0.339. The first-order valence-electron chi connectivity index (χ1n) is 2.40. The van der Waals surface area contributed by atoms with E-state index >= 15 is 0 Å². The third-order valence-corrected chi connectivity index (χ3v) is 0.832. The zero-order chi connectivity index (χ0) is 8.20. The molecule has 0 nitrogen and oxygen atoms in total. The van der Waals surface area contributed by atoms with Crippen LogP contribution in [0.3, 0.4) is 0 Å². The van der Waals surface area contributed by atoms with Gasteiger partial charge in [0.05, 0.1) is 5.57 Å². The Morgan fingerprint density at radius 3 is 1.80 bits per heavy atom. The minimum Gasteiger partial charge on any atom is -0.247 e. The highest BCUT2D eigenvalue weighted by molar-refractivity contribution is 5.08. The topological polar surface area (TPSA) is 0 Å². The fourth-order valence-corrected chi connectivity index (χ4v) is 0.339. The lowest BCUT2D eigenvalue weighted by Crippen LogP contribution is -2.13. The molecule has 0 heterocycles.